The second-order valence-corrected chi connectivity index (χ2v) is 6.51. The molecule has 1 aromatic carbocycles. The van der Waals surface area contributed by atoms with Crippen LogP contribution >= 0.6 is 24.0 Å². The van der Waals surface area contributed by atoms with Crippen molar-refractivity contribution in [3.05, 3.63) is 24.3 Å². The first-order valence-electron chi connectivity index (χ1n) is 6.84. The molecule has 0 saturated heterocycles. The molecule has 0 radical (unpaired) electrons. The van der Waals surface area contributed by atoms with E-state index < -0.39 is 5.41 Å². The number of hydrogen-bond acceptors (Lipinski definition) is 3. The number of anilines is 1. The average molecular weight is 308 g/mol. The Morgan fingerprint density at radius 2 is 1.85 bits per heavy atom. The first kappa shape index (κ1) is 15.3. The van der Waals surface area contributed by atoms with Crippen LogP contribution in [-0.4, -0.2) is 17.2 Å². The monoisotopic (exact) mass is 308 g/mol. The fourth-order valence-corrected chi connectivity index (χ4v) is 3.37. The van der Waals surface area contributed by atoms with Crippen LogP contribution in [0.2, 0.25) is 0 Å². The summed E-state index contributed by atoms with van der Waals surface area (Å²) < 4.78 is 0. The molecule has 1 aliphatic carbocycles. The molecule has 0 unspecified atom stereocenters. The number of thiocarbonyl (C=S) groups is 1. The highest BCUT2D eigenvalue weighted by molar-refractivity contribution is 7.98. The Bertz CT molecular complexity index is 493. The van der Waals surface area contributed by atoms with Crippen molar-refractivity contribution in [3.63, 3.8) is 0 Å². The van der Waals surface area contributed by atoms with Crippen LogP contribution in [0.4, 0.5) is 5.69 Å². The van der Waals surface area contributed by atoms with Gasteiger partial charge in [0.15, 0.2) is 0 Å². The highest BCUT2D eigenvalue weighted by atomic mass is 32.2. The van der Waals surface area contributed by atoms with Crippen molar-refractivity contribution in [3.8, 4) is 0 Å². The summed E-state index contributed by atoms with van der Waals surface area (Å²) >= 11 is 6.85. The Morgan fingerprint density at radius 1 is 1.25 bits per heavy atom. The average Bonchev–Trinajstić information content (AvgIpc) is 2.48. The normalized spacial score (nSPS) is 17.4. The van der Waals surface area contributed by atoms with Gasteiger partial charge in [0.1, 0.15) is 0 Å². The minimum atomic E-state index is -0.661. The molecular weight excluding hydrogens is 288 g/mol. The minimum absolute atomic E-state index is 0.0541. The van der Waals surface area contributed by atoms with Crippen LogP contribution in [0.1, 0.15) is 32.1 Å². The number of benzene rings is 1. The molecule has 5 heteroatoms. The molecule has 0 aromatic heterocycles. The van der Waals surface area contributed by atoms with E-state index >= 15 is 0 Å². The van der Waals surface area contributed by atoms with E-state index in [-0.39, 0.29) is 5.91 Å². The van der Waals surface area contributed by atoms with Crippen LogP contribution in [0.25, 0.3) is 0 Å². The maximum atomic E-state index is 12.6. The van der Waals surface area contributed by atoms with E-state index in [9.17, 15) is 4.79 Å². The summed E-state index contributed by atoms with van der Waals surface area (Å²) in [5, 5.41) is 2.97. The minimum Gasteiger partial charge on any atom is -0.392 e. The predicted molar refractivity (Wildman–Crippen MR) is 89.2 cm³/mol. The van der Waals surface area contributed by atoms with Crippen LogP contribution in [0.5, 0.6) is 0 Å². The lowest BCUT2D eigenvalue weighted by Gasteiger charge is -2.34. The summed E-state index contributed by atoms with van der Waals surface area (Å²) in [7, 11) is 0. The Labute approximate surface area is 129 Å². The molecule has 0 spiro atoms. The zero-order valence-corrected chi connectivity index (χ0v) is 13.3. The maximum absolute atomic E-state index is 12.6. The summed E-state index contributed by atoms with van der Waals surface area (Å²) in [5.41, 5.74) is 6.01. The first-order chi connectivity index (χ1) is 9.58. The smallest absolute Gasteiger partial charge is 0.237 e. The van der Waals surface area contributed by atoms with Gasteiger partial charge < -0.3 is 11.1 Å². The van der Waals surface area contributed by atoms with Gasteiger partial charge in [0.2, 0.25) is 5.91 Å². The van der Waals surface area contributed by atoms with Crippen LogP contribution in [-0.2, 0) is 4.79 Å². The van der Waals surface area contributed by atoms with Gasteiger partial charge >= 0.3 is 0 Å². The molecule has 0 heterocycles. The van der Waals surface area contributed by atoms with Crippen molar-refractivity contribution in [1.82, 2.24) is 0 Å². The topological polar surface area (TPSA) is 55.1 Å². The van der Waals surface area contributed by atoms with E-state index in [0.717, 1.165) is 37.8 Å². The number of carbonyl (C=O) groups excluding carboxylic acids is 1. The molecule has 2 rings (SSSR count). The van der Waals surface area contributed by atoms with Gasteiger partial charge in [-0.1, -0.05) is 31.5 Å². The van der Waals surface area contributed by atoms with E-state index in [0.29, 0.717) is 4.99 Å². The molecule has 1 fully saturated rings. The third-order valence-electron chi connectivity index (χ3n) is 3.96. The van der Waals surface area contributed by atoms with Gasteiger partial charge in [-0.25, -0.2) is 0 Å². The summed E-state index contributed by atoms with van der Waals surface area (Å²) in [4.78, 5) is 14.1. The van der Waals surface area contributed by atoms with Gasteiger partial charge in [0.25, 0.3) is 0 Å². The van der Waals surface area contributed by atoms with Gasteiger partial charge in [-0.3, -0.25) is 4.79 Å². The molecule has 1 saturated carbocycles. The predicted octanol–water partition coefficient (Wildman–Crippen LogP) is 3.58. The van der Waals surface area contributed by atoms with Gasteiger partial charge in [-0.2, -0.15) is 0 Å². The SMILES string of the molecule is CSc1ccc(NC(=O)C2(C(N)=S)CCCCC2)cc1. The van der Waals surface area contributed by atoms with Crippen LogP contribution in [0, 0.1) is 5.41 Å². The number of thioether (sulfide) groups is 1. The van der Waals surface area contributed by atoms with E-state index in [2.05, 4.69) is 5.32 Å². The molecular formula is C15H20N2OS2. The summed E-state index contributed by atoms with van der Waals surface area (Å²) in [5.74, 6) is -0.0541. The second kappa shape index (κ2) is 6.59. The van der Waals surface area contributed by atoms with Crippen LogP contribution in [0.3, 0.4) is 0 Å². The zero-order chi connectivity index (χ0) is 14.6. The summed E-state index contributed by atoms with van der Waals surface area (Å²) in [6.45, 7) is 0. The van der Waals surface area contributed by atoms with Gasteiger partial charge in [0, 0.05) is 10.6 Å². The fraction of sp³-hybridized carbons (Fsp3) is 0.467. The molecule has 0 atom stereocenters. The maximum Gasteiger partial charge on any atom is 0.237 e. The number of nitrogens with two attached hydrogens (primary N) is 1. The van der Waals surface area contributed by atoms with Gasteiger partial charge in [0.05, 0.1) is 10.4 Å². The van der Waals surface area contributed by atoms with Crippen molar-refractivity contribution in [2.45, 2.75) is 37.0 Å². The van der Waals surface area contributed by atoms with E-state index in [4.69, 9.17) is 18.0 Å². The van der Waals surface area contributed by atoms with Crippen molar-refractivity contribution >= 4 is 40.6 Å². The first-order valence-corrected chi connectivity index (χ1v) is 8.47. The molecule has 108 valence electrons. The quantitative estimate of drug-likeness (QED) is 0.659. The van der Waals surface area contributed by atoms with Crippen LogP contribution in [0.15, 0.2) is 29.2 Å². The molecule has 1 aliphatic rings. The van der Waals surface area contributed by atoms with Crippen molar-refractivity contribution in [2.24, 2.45) is 11.1 Å². The van der Waals surface area contributed by atoms with Crippen molar-refractivity contribution in [1.29, 1.82) is 0 Å². The Kier molecular flexibility index (Phi) is 5.05. The fourth-order valence-electron chi connectivity index (χ4n) is 2.67. The van der Waals surface area contributed by atoms with Crippen LogP contribution < -0.4 is 11.1 Å². The molecule has 1 amide bonds. The molecule has 3 N–H and O–H groups in total. The van der Waals surface area contributed by atoms with E-state index in [1.165, 1.54) is 4.90 Å². The highest BCUT2D eigenvalue weighted by Gasteiger charge is 2.42. The molecule has 20 heavy (non-hydrogen) atoms. The number of rotatable bonds is 4. The molecule has 0 bridgehead atoms. The van der Waals surface area contributed by atoms with Gasteiger partial charge in [-0.05, 0) is 43.4 Å². The summed E-state index contributed by atoms with van der Waals surface area (Å²) in [6.07, 6.45) is 6.72. The van der Waals surface area contributed by atoms with E-state index in [1.807, 2.05) is 30.5 Å². The van der Waals surface area contributed by atoms with Gasteiger partial charge in [-0.15, -0.1) is 11.8 Å². The number of amides is 1. The molecule has 0 aliphatic heterocycles. The van der Waals surface area contributed by atoms with Crippen molar-refractivity contribution < 1.29 is 4.79 Å². The number of hydrogen-bond donors (Lipinski definition) is 2. The third kappa shape index (κ3) is 3.15. The van der Waals surface area contributed by atoms with Crippen molar-refractivity contribution in [2.75, 3.05) is 11.6 Å². The Hall–Kier alpha value is -1.07. The second-order valence-electron chi connectivity index (χ2n) is 5.19. The lowest BCUT2D eigenvalue weighted by molar-refractivity contribution is -0.123. The highest BCUT2D eigenvalue weighted by Crippen LogP contribution is 2.37. The lowest BCUT2D eigenvalue weighted by atomic mass is 9.73. The summed E-state index contributed by atoms with van der Waals surface area (Å²) in [6, 6.07) is 7.82. The molecule has 1 aromatic rings. The number of nitrogens with one attached hydrogen (secondary N) is 1. The lowest BCUT2D eigenvalue weighted by Crippen LogP contribution is -2.47. The zero-order valence-electron chi connectivity index (χ0n) is 11.6. The standard InChI is InChI=1S/C15H20N2OS2/c1-20-12-7-5-11(6-8-12)17-14(18)15(13(16)19)9-3-2-4-10-15/h5-8H,2-4,9-10H2,1H3,(H2,16,19)(H,17,18). The third-order valence-corrected chi connectivity index (χ3v) is 5.10. The largest absolute Gasteiger partial charge is 0.392 e. The Balaban J connectivity index is 2.13. The Morgan fingerprint density at radius 3 is 2.35 bits per heavy atom. The van der Waals surface area contributed by atoms with E-state index in [1.54, 1.807) is 11.8 Å². The molecule has 3 nitrogen and oxygen atoms in total. The number of carbonyl (C=O) groups is 1.